The molecule has 0 bridgehead atoms. The zero-order valence-electron chi connectivity index (χ0n) is 14.4. The second-order valence-corrected chi connectivity index (χ2v) is 7.98. The number of nitrogens with two attached hydrogens (primary N) is 2. The fraction of sp³-hybridized carbons (Fsp3) is 0.267. The third-order valence-corrected chi connectivity index (χ3v) is 5.29. The summed E-state index contributed by atoms with van der Waals surface area (Å²) in [5.74, 6) is -1.87. The number of hydrogen-bond donors (Lipinski definition) is 4. The van der Waals surface area contributed by atoms with Crippen LogP contribution in [0.25, 0.3) is 10.8 Å². The van der Waals surface area contributed by atoms with Crippen LogP contribution in [-0.2, 0) is 14.8 Å². The molecule has 0 aliphatic carbocycles. The molecule has 148 valence electrons. The van der Waals surface area contributed by atoms with Crippen LogP contribution in [0.5, 0.6) is 0 Å². The minimum absolute atomic E-state index is 0. The maximum atomic E-state index is 12.6. The summed E-state index contributed by atoms with van der Waals surface area (Å²) in [6.07, 6.45) is 1.34. The molecule has 1 aromatic carbocycles. The highest BCUT2D eigenvalue weighted by molar-refractivity contribution is 7.89. The van der Waals surface area contributed by atoms with Gasteiger partial charge in [0, 0.05) is 17.0 Å². The molecule has 27 heavy (non-hydrogen) atoms. The highest BCUT2D eigenvalue weighted by Crippen LogP contribution is 2.31. The molecule has 1 atom stereocenters. The minimum atomic E-state index is -4.11. The van der Waals surface area contributed by atoms with Gasteiger partial charge in [0.25, 0.3) is 0 Å². The summed E-state index contributed by atoms with van der Waals surface area (Å²) in [5.41, 5.74) is 10.7. The van der Waals surface area contributed by atoms with Crippen LogP contribution in [0.4, 0.5) is 5.82 Å². The number of sulfonamides is 1. The Morgan fingerprint density at radius 1 is 1.30 bits per heavy atom. The number of benzene rings is 1. The number of nitrogens with one attached hydrogen (secondary N) is 1. The van der Waals surface area contributed by atoms with Gasteiger partial charge < -0.3 is 16.6 Å². The Labute approximate surface area is 167 Å². The standard InChI is InChI=1S/C15H18ClN5O4S.ClH/c1-7(2)12(14(22)23)21-26(24,25)8-3-4-9-10(5-8)13(20-15(17)18)19-6-11(9)16;/h3-7,12,21H,1-2H3,(H,22,23)(H4,17,18,19,20);1H/t12-;/m1./s1. The number of nitrogens with zero attached hydrogens (tertiary/aromatic N) is 2. The van der Waals surface area contributed by atoms with Gasteiger partial charge in [0.15, 0.2) is 11.8 Å². The van der Waals surface area contributed by atoms with E-state index in [0.717, 1.165) is 0 Å². The van der Waals surface area contributed by atoms with Gasteiger partial charge in [-0.2, -0.15) is 9.71 Å². The molecule has 9 nitrogen and oxygen atoms in total. The summed E-state index contributed by atoms with van der Waals surface area (Å²) in [7, 11) is -4.11. The first-order valence-corrected chi connectivity index (χ1v) is 9.32. The molecule has 0 aliphatic rings. The molecule has 2 rings (SSSR count). The maximum absolute atomic E-state index is 12.6. The van der Waals surface area contributed by atoms with Gasteiger partial charge >= 0.3 is 5.97 Å². The fourth-order valence-electron chi connectivity index (χ4n) is 2.26. The average molecular weight is 436 g/mol. The van der Waals surface area contributed by atoms with Crippen LogP contribution >= 0.6 is 24.0 Å². The van der Waals surface area contributed by atoms with Crippen molar-refractivity contribution in [2.75, 3.05) is 0 Å². The van der Waals surface area contributed by atoms with Crippen molar-refractivity contribution in [3.63, 3.8) is 0 Å². The number of pyridine rings is 1. The minimum Gasteiger partial charge on any atom is -0.480 e. The first-order valence-electron chi connectivity index (χ1n) is 7.46. The lowest BCUT2D eigenvalue weighted by molar-refractivity contribution is -0.140. The molecule has 0 radical (unpaired) electrons. The molecule has 0 aliphatic heterocycles. The van der Waals surface area contributed by atoms with E-state index in [9.17, 15) is 18.3 Å². The molecule has 2 aromatic rings. The first-order chi connectivity index (χ1) is 12.0. The van der Waals surface area contributed by atoms with Crippen molar-refractivity contribution in [2.24, 2.45) is 22.4 Å². The molecule has 12 heteroatoms. The molecular formula is C15H19Cl2N5O4S. The summed E-state index contributed by atoms with van der Waals surface area (Å²) in [6.45, 7) is 3.20. The largest absolute Gasteiger partial charge is 0.480 e. The molecule has 6 N–H and O–H groups in total. The number of aliphatic carboxylic acids is 1. The van der Waals surface area contributed by atoms with E-state index in [-0.39, 0.29) is 34.1 Å². The highest BCUT2D eigenvalue weighted by Gasteiger charge is 2.28. The Balaban J connectivity index is 0.00000364. The number of carboxylic acid groups (broad SMARTS) is 1. The number of carbonyl (C=O) groups is 1. The van der Waals surface area contributed by atoms with E-state index < -0.39 is 28.0 Å². The monoisotopic (exact) mass is 435 g/mol. The van der Waals surface area contributed by atoms with E-state index in [2.05, 4.69) is 14.7 Å². The molecule has 0 saturated carbocycles. The van der Waals surface area contributed by atoms with Gasteiger partial charge in [-0.1, -0.05) is 31.5 Å². The third kappa shape index (κ3) is 5.19. The van der Waals surface area contributed by atoms with E-state index in [1.807, 2.05) is 0 Å². The van der Waals surface area contributed by atoms with Gasteiger partial charge in [0.2, 0.25) is 10.0 Å². The van der Waals surface area contributed by atoms with Crippen LogP contribution in [0.1, 0.15) is 13.8 Å². The molecular weight excluding hydrogens is 417 g/mol. The Morgan fingerprint density at radius 3 is 2.44 bits per heavy atom. The molecule has 1 aromatic heterocycles. The predicted molar refractivity (Wildman–Crippen MR) is 106 cm³/mol. The molecule has 0 spiro atoms. The lowest BCUT2D eigenvalue weighted by Crippen LogP contribution is -2.44. The van der Waals surface area contributed by atoms with Crippen molar-refractivity contribution in [3.05, 3.63) is 29.4 Å². The zero-order chi connectivity index (χ0) is 19.6. The van der Waals surface area contributed by atoms with E-state index in [1.54, 1.807) is 13.8 Å². The number of carboxylic acids is 1. The third-order valence-electron chi connectivity index (χ3n) is 3.55. The number of fused-ring (bicyclic) bond motifs is 1. The summed E-state index contributed by atoms with van der Waals surface area (Å²) >= 11 is 6.08. The summed E-state index contributed by atoms with van der Waals surface area (Å²) in [4.78, 5) is 19.0. The van der Waals surface area contributed by atoms with E-state index in [4.69, 9.17) is 23.1 Å². The Morgan fingerprint density at radius 2 is 1.93 bits per heavy atom. The van der Waals surface area contributed by atoms with Crippen molar-refractivity contribution >= 4 is 62.6 Å². The second-order valence-electron chi connectivity index (χ2n) is 5.86. The number of aliphatic imine (C=N–C) groups is 1. The average Bonchev–Trinajstić information content (AvgIpc) is 2.54. The molecule has 0 fully saturated rings. The Kier molecular flexibility index (Phi) is 7.38. The molecule has 0 amide bonds. The van der Waals surface area contributed by atoms with Gasteiger partial charge in [-0.15, -0.1) is 12.4 Å². The SMILES string of the molecule is CC(C)[C@@H](NS(=O)(=O)c1ccc2c(Cl)cnc(N=C(N)N)c2c1)C(=O)O.Cl. The van der Waals surface area contributed by atoms with Crippen molar-refractivity contribution in [1.29, 1.82) is 0 Å². The Hall–Kier alpha value is -2.14. The van der Waals surface area contributed by atoms with Crippen LogP contribution < -0.4 is 16.2 Å². The van der Waals surface area contributed by atoms with Gasteiger partial charge in [0.1, 0.15) is 6.04 Å². The highest BCUT2D eigenvalue weighted by atomic mass is 35.5. The second kappa shape index (κ2) is 8.70. The predicted octanol–water partition coefficient (Wildman–Crippen LogP) is 1.60. The van der Waals surface area contributed by atoms with E-state index >= 15 is 0 Å². The smallest absolute Gasteiger partial charge is 0.322 e. The lowest BCUT2D eigenvalue weighted by Gasteiger charge is -2.18. The Bertz CT molecular complexity index is 991. The number of halogens is 2. The van der Waals surface area contributed by atoms with Crippen LogP contribution in [0.2, 0.25) is 5.02 Å². The summed E-state index contributed by atoms with van der Waals surface area (Å²) in [5, 5.41) is 10.3. The quantitative estimate of drug-likeness (QED) is 0.395. The van der Waals surface area contributed by atoms with Crippen LogP contribution in [0.3, 0.4) is 0 Å². The fourth-order valence-corrected chi connectivity index (χ4v) is 3.84. The maximum Gasteiger partial charge on any atom is 0.322 e. The number of guanidine groups is 1. The zero-order valence-corrected chi connectivity index (χ0v) is 16.8. The van der Waals surface area contributed by atoms with Gasteiger partial charge in [0.05, 0.1) is 9.92 Å². The number of rotatable bonds is 6. The van der Waals surface area contributed by atoms with Crippen molar-refractivity contribution in [1.82, 2.24) is 9.71 Å². The van der Waals surface area contributed by atoms with E-state index in [1.165, 1.54) is 24.4 Å². The van der Waals surface area contributed by atoms with Gasteiger partial charge in [-0.25, -0.2) is 13.4 Å². The van der Waals surface area contributed by atoms with Crippen LogP contribution in [0, 0.1) is 5.92 Å². The van der Waals surface area contributed by atoms with Crippen molar-refractivity contribution < 1.29 is 18.3 Å². The van der Waals surface area contributed by atoms with Crippen LogP contribution in [0.15, 0.2) is 34.3 Å². The normalized spacial score (nSPS) is 12.4. The van der Waals surface area contributed by atoms with Crippen molar-refractivity contribution in [2.45, 2.75) is 24.8 Å². The molecule has 0 unspecified atom stereocenters. The van der Waals surface area contributed by atoms with Crippen molar-refractivity contribution in [3.8, 4) is 0 Å². The van der Waals surface area contributed by atoms with E-state index in [0.29, 0.717) is 10.8 Å². The van der Waals surface area contributed by atoms with Gasteiger partial charge in [-0.05, 0) is 18.1 Å². The number of hydrogen-bond acceptors (Lipinski definition) is 5. The molecule has 0 saturated heterocycles. The summed E-state index contributed by atoms with van der Waals surface area (Å²) < 4.78 is 27.4. The first kappa shape index (κ1) is 22.9. The summed E-state index contributed by atoms with van der Waals surface area (Å²) in [6, 6.07) is 2.81. The van der Waals surface area contributed by atoms with Gasteiger partial charge in [-0.3, -0.25) is 4.79 Å². The number of aromatic nitrogens is 1. The van der Waals surface area contributed by atoms with Crippen LogP contribution in [-0.4, -0.2) is 36.5 Å². The lowest BCUT2D eigenvalue weighted by atomic mass is 10.1. The topological polar surface area (TPSA) is 161 Å². The molecule has 1 heterocycles.